The van der Waals surface area contributed by atoms with Gasteiger partial charge in [0.15, 0.2) is 0 Å². The lowest BCUT2D eigenvalue weighted by atomic mass is 10.0. The first-order valence-electron chi connectivity index (χ1n) is 15.7. The molecule has 0 saturated carbocycles. The van der Waals surface area contributed by atoms with Crippen molar-refractivity contribution in [3.63, 3.8) is 0 Å². The van der Waals surface area contributed by atoms with E-state index in [1.54, 1.807) is 0 Å². The van der Waals surface area contributed by atoms with Gasteiger partial charge in [0.1, 0.15) is 6.54 Å². The summed E-state index contributed by atoms with van der Waals surface area (Å²) in [5.74, 6) is 0. The fourth-order valence-corrected chi connectivity index (χ4v) is 5.42. The summed E-state index contributed by atoms with van der Waals surface area (Å²) in [4.78, 5) is 0. The van der Waals surface area contributed by atoms with Crippen LogP contribution in [0.5, 0.6) is 0 Å². The van der Waals surface area contributed by atoms with Gasteiger partial charge in [-0.15, -0.1) is 0 Å². The van der Waals surface area contributed by atoms with E-state index in [1.165, 1.54) is 152 Å². The van der Waals surface area contributed by atoms with Crippen LogP contribution in [0.15, 0.2) is 24.3 Å². The van der Waals surface area contributed by atoms with Gasteiger partial charge in [-0.2, -0.15) is 0 Å². The number of halogens is 1. The number of quaternary nitrogens is 1. The molecule has 1 N–H and O–H groups in total. The monoisotopic (exact) mass is 523 g/mol. The van der Waals surface area contributed by atoms with Crippen molar-refractivity contribution in [2.75, 3.05) is 20.1 Å². The maximum Gasteiger partial charge on any atom is 0.104 e. The van der Waals surface area contributed by atoms with Gasteiger partial charge in [0.05, 0.1) is 26.7 Å². The molecular formula is C33H62ClNO. The molecule has 0 bridgehead atoms. The first-order chi connectivity index (χ1) is 17.1. The zero-order valence-electron chi connectivity index (χ0n) is 24.6. The van der Waals surface area contributed by atoms with Gasteiger partial charge in [-0.25, -0.2) is 0 Å². The number of benzene rings is 1. The molecule has 36 heavy (non-hydrogen) atoms. The number of aliphatic hydroxyl groups is 1. The van der Waals surface area contributed by atoms with Crippen molar-refractivity contribution in [1.29, 1.82) is 0 Å². The Morgan fingerprint density at radius 1 is 0.500 bits per heavy atom. The fourth-order valence-electron chi connectivity index (χ4n) is 5.42. The van der Waals surface area contributed by atoms with Crippen LogP contribution in [0, 0.1) is 0 Å². The van der Waals surface area contributed by atoms with Gasteiger partial charge in [-0.05, 0) is 31.2 Å². The average molecular weight is 524 g/mol. The van der Waals surface area contributed by atoms with E-state index in [4.69, 9.17) is 0 Å². The topological polar surface area (TPSA) is 20.2 Å². The Kier molecular flexibility index (Phi) is 24.4. The van der Waals surface area contributed by atoms with Crippen LogP contribution in [-0.2, 0) is 13.2 Å². The Hall–Kier alpha value is -0.570. The molecule has 0 aromatic heterocycles. The Morgan fingerprint density at radius 2 is 0.806 bits per heavy atom. The number of aliphatic hydroxyl groups excluding tert-OH is 1. The highest BCUT2D eigenvalue weighted by atomic mass is 35.5. The molecule has 0 amide bonds. The smallest absolute Gasteiger partial charge is 0.104 e. The molecular weight excluding hydrogens is 462 g/mol. The zero-order chi connectivity index (χ0) is 25.5. The van der Waals surface area contributed by atoms with Crippen LogP contribution in [0.2, 0.25) is 0 Å². The lowest BCUT2D eigenvalue weighted by Gasteiger charge is -2.35. The van der Waals surface area contributed by atoms with E-state index in [0.717, 1.165) is 12.1 Å². The molecule has 0 unspecified atom stereocenters. The van der Waals surface area contributed by atoms with Crippen molar-refractivity contribution in [3.05, 3.63) is 35.4 Å². The summed E-state index contributed by atoms with van der Waals surface area (Å²) in [7, 11) is 2.49. The third-order valence-corrected chi connectivity index (χ3v) is 7.87. The summed E-state index contributed by atoms with van der Waals surface area (Å²) in [6.45, 7) is 8.47. The lowest BCUT2D eigenvalue weighted by molar-refractivity contribution is -0.923. The number of unbranched alkanes of at least 4 members (excludes halogenated alkanes) is 18. The van der Waals surface area contributed by atoms with E-state index < -0.39 is 0 Å². The lowest BCUT2D eigenvalue weighted by Crippen LogP contribution is -3.00. The van der Waals surface area contributed by atoms with Crippen molar-refractivity contribution in [1.82, 2.24) is 0 Å². The van der Waals surface area contributed by atoms with Crippen molar-refractivity contribution in [2.45, 2.75) is 155 Å². The van der Waals surface area contributed by atoms with E-state index in [0.29, 0.717) is 0 Å². The third kappa shape index (κ3) is 19.5. The summed E-state index contributed by atoms with van der Waals surface area (Å²) in [5.41, 5.74) is 2.44. The second-order valence-electron chi connectivity index (χ2n) is 11.6. The molecule has 1 aromatic rings. The second-order valence-corrected chi connectivity index (χ2v) is 11.6. The summed E-state index contributed by atoms with van der Waals surface area (Å²) in [5, 5.41) is 9.37. The Morgan fingerprint density at radius 3 is 1.14 bits per heavy atom. The standard InChI is InChI=1S/C33H62NO.ClH/c1-4-6-8-10-12-14-16-18-20-22-28-34(3,30-32-24-26-33(31-35)27-25-32)29-23-21-19-17-15-13-11-9-7-5-2;/h24-27,35H,4-23,28-31H2,1-3H3;1H/q+1;/p-1. The van der Waals surface area contributed by atoms with E-state index in [9.17, 15) is 5.11 Å². The Bertz CT molecular complexity index is 550. The van der Waals surface area contributed by atoms with E-state index >= 15 is 0 Å². The molecule has 0 atom stereocenters. The average Bonchev–Trinajstić information content (AvgIpc) is 2.87. The molecule has 0 spiro atoms. The molecule has 3 heteroatoms. The minimum atomic E-state index is 0. The predicted molar refractivity (Wildman–Crippen MR) is 156 cm³/mol. The van der Waals surface area contributed by atoms with Crippen LogP contribution in [-0.4, -0.2) is 29.7 Å². The normalized spacial score (nSPS) is 11.6. The maximum absolute atomic E-state index is 9.37. The molecule has 1 rings (SSSR count). The number of hydrogen-bond acceptors (Lipinski definition) is 1. The first kappa shape index (κ1) is 35.4. The van der Waals surface area contributed by atoms with Gasteiger partial charge < -0.3 is 22.0 Å². The quantitative estimate of drug-likeness (QED) is 0.108. The molecule has 0 aliphatic carbocycles. The van der Waals surface area contributed by atoms with E-state index in [-0.39, 0.29) is 19.0 Å². The van der Waals surface area contributed by atoms with Crippen molar-refractivity contribution in [2.24, 2.45) is 0 Å². The summed E-state index contributed by atoms with van der Waals surface area (Å²) in [6.07, 6.45) is 28.2. The summed E-state index contributed by atoms with van der Waals surface area (Å²) >= 11 is 0. The summed E-state index contributed by atoms with van der Waals surface area (Å²) in [6, 6.07) is 8.67. The molecule has 212 valence electrons. The molecule has 0 saturated heterocycles. The van der Waals surface area contributed by atoms with Crippen LogP contribution in [0.3, 0.4) is 0 Å². The first-order valence-corrected chi connectivity index (χ1v) is 15.7. The predicted octanol–water partition coefficient (Wildman–Crippen LogP) is 6.97. The van der Waals surface area contributed by atoms with Gasteiger partial charge >= 0.3 is 0 Å². The molecule has 1 aromatic carbocycles. The van der Waals surface area contributed by atoms with Gasteiger partial charge in [0.25, 0.3) is 0 Å². The minimum absolute atomic E-state index is 0. The maximum atomic E-state index is 9.37. The Balaban J connectivity index is 0.0000122. The van der Waals surface area contributed by atoms with Gasteiger partial charge in [-0.1, -0.05) is 141 Å². The number of rotatable bonds is 25. The third-order valence-electron chi connectivity index (χ3n) is 7.87. The number of hydrogen-bond donors (Lipinski definition) is 1. The SMILES string of the molecule is CCCCCCCCCCCC[N+](C)(CCCCCCCCCCCC)Cc1ccc(CO)cc1.[Cl-]. The highest BCUT2D eigenvalue weighted by Gasteiger charge is 2.21. The van der Waals surface area contributed by atoms with Gasteiger partial charge in [0, 0.05) is 5.56 Å². The minimum Gasteiger partial charge on any atom is -1.00 e. The molecule has 0 heterocycles. The zero-order valence-corrected chi connectivity index (χ0v) is 25.3. The van der Waals surface area contributed by atoms with Crippen molar-refractivity contribution >= 4 is 0 Å². The number of nitrogens with zero attached hydrogens (tertiary/aromatic N) is 1. The molecule has 0 fully saturated rings. The van der Waals surface area contributed by atoms with Gasteiger partial charge in [0.2, 0.25) is 0 Å². The van der Waals surface area contributed by atoms with Crippen LogP contribution in [0.1, 0.15) is 153 Å². The molecule has 2 nitrogen and oxygen atoms in total. The molecule has 0 radical (unpaired) electrons. The highest BCUT2D eigenvalue weighted by molar-refractivity contribution is 5.21. The largest absolute Gasteiger partial charge is 1.00 e. The van der Waals surface area contributed by atoms with E-state index in [2.05, 4.69) is 45.2 Å². The summed E-state index contributed by atoms with van der Waals surface area (Å²) < 4.78 is 1.17. The molecule has 0 aliphatic rings. The van der Waals surface area contributed by atoms with Crippen LogP contribution in [0.25, 0.3) is 0 Å². The van der Waals surface area contributed by atoms with Crippen molar-refractivity contribution < 1.29 is 22.0 Å². The van der Waals surface area contributed by atoms with Crippen LogP contribution < -0.4 is 12.4 Å². The second kappa shape index (κ2) is 24.7. The Labute approximate surface area is 232 Å². The van der Waals surface area contributed by atoms with Gasteiger partial charge in [-0.3, -0.25) is 0 Å². The van der Waals surface area contributed by atoms with Crippen LogP contribution >= 0.6 is 0 Å². The van der Waals surface area contributed by atoms with Crippen LogP contribution in [0.4, 0.5) is 0 Å². The van der Waals surface area contributed by atoms with Crippen molar-refractivity contribution in [3.8, 4) is 0 Å². The van der Waals surface area contributed by atoms with E-state index in [1.807, 2.05) is 0 Å². The highest BCUT2D eigenvalue weighted by Crippen LogP contribution is 2.19. The molecule has 0 aliphatic heterocycles. The fraction of sp³-hybridized carbons (Fsp3) is 0.818.